The summed E-state index contributed by atoms with van der Waals surface area (Å²) in [4.78, 5) is 15.5. The second-order valence-electron chi connectivity index (χ2n) is 5.85. The molecule has 0 radical (unpaired) electrons. The summed E-state index contributed by atoms with van der Waals surface area (Å²) in [5, 5.41) is 9.90. The fourth-order valence-corrected chi connectivity index (χ4v) is 2.94. The molecule has 10 heteroatoms. The third-order valence-electron chi connectivity index (χ3n) is 4.27. The molecule has 0 spiro atoms. The van der Waals surface area contributed by atoms with Crippen LogP contribution in [0.4, 0.5) is 21.8 Å². The molecule has 1 saturated heterocycles. The quantitative estimate of drug-likeness (QED) is 0.728. The Bertz CT molecular complexity index is 891. The zero-order valence-corrected chi connectivity index (χ0v) is 14.0. The molecule has 0 aromatic carbocycles. The van der Waals surface area contributed by atoms with E-state index in [1.807, 2.05) is 16.4 Å². The van der Waals surface area contributed by atoms with Gasteiger partial charge in [-0.3, -0.25) is 0 Å². The van der Waals surface area contributed by atoms with Crippen molar-refractivity contribution in [2.45, 2.75) is 26.1 Å². The molecule has 1 aliphatic heterocycles. The van der Waals surface area contributed by atoms with Gasteiger partial charge < -0.3 is 19.5 Å². The van der Waals surface area contributed by atoms with E-state index in [0.717, 1.165) is 6.54 Å². The number of aryl methyl sites for hydroxylation is 1. The third kappa shape index (κ3) is 2.73. The van der Waals surface area contributed by atoms with Crippen LogP contribution in [0.2, 0.25) is 0 Å². The number of anilines is 3. The summed E-state index contributed by atoms with van der Waals surface area (Å²) in [5.41, 5.74) is 1.99. The summed E-state index contributed by atoms with van der Waals surface area (Å²) < 4.78 is 20.8. The van der Waals surface area contributed by atoms with E-state index in [1.165, 1.54) is 0 Å². The lowest BCUT2D eigenvalue weighted by Gasteiger charge is -2.16. The summed E-state index contributed by atoms with van der Waals surface area (Å²) in [5.74, 6) is 1.52. The molecule has 0 aliphatic carbocycles. The average molecular weight is 346 g/mol. The topological polar surface area (TPSA) is 96.8 Å². The number of aromatic nitrogens is 6. The second-order valence-corrected chi connectivity index (χ2v) is 5.85. The molecule has 0 saturated carbocycles. The minimum absolute atomic E-state index is 0.306. The summed E-state index contributed by atoms with van der Waals surface area (Å²) in [6.07, 6.45) is 2.98. The van der Waals surface area contributed by atoms with Gasteiger partial charge in [0.25, 0.3) is 0 Å². The standard InChI is InChI=1S/C15H19FN8O/c1-3-23-8-17-11-12(19-10-6-18-22-14(10)25-2)20-15(21-13(11)23)24-5-4-9(16)7-24/h6,8-9H,3-5,7H2,1-2H3,(H,18,22)(H,19,20,21). The molecule has 3 aromatic heterocycles. The molecular formula is C15H19FN8O. The number of nitrogens with zero attached hydrogens (tertiary/aromatic N) is 6. The van der Waals surface area contributed by atoms with Gasteiger partial charge in [0.05, 0.1) is 26.2 Å². The predicted molar refractivity (Wildman–Crippen MR) is 91.1 cm³/mol. The second kappa shape index (κ2) is 6.19. The van der Waals surface area contributed by atoms with Gasteiger partial charge in [0.1, 0.15) is 11.9 Å². The van der Waals surface area contributed by atoms with Crippen LogP contribution in [0.25, 0.3) is 11.2 Å². The van der Waals surface area contributed by atoms with E-state index in [1.54, 1.807) is 19.6 Å². The molecule has 1 unspecified atom stereocenters. The van der Waals surface area contributed by atoms with Gasteiger partial charge in [0.2, 0.25) is 11.8 Å². The van der Waals surface area contributed by atoms with Crippen LogP contribution in [-0.4, -0.2) is 56.1 Å². The number of methoxy groups -OCH3 is 1. The zero-order chi connectivity index (χ0) is 17.4. The van der Waals surface area contributed by atoms with Gasteiger partial charge in [0.15, 0.2) is 17.0 Å². The van der Waals surface area contributed by atoms with Crippen LogP contribution in [0.1, 0.15) is 13.3 Å². The fraction of sp³-hybridized carbons (Fsp3) is 0.467. The van der Waals surface area contributed by atoms with Crippen LogP contribution in [0.3, 0.4) is 0 Å². The van der Waals surface area contributed by atoms with Crippen LogP contribution in [0.15, 0.2) is 12.5 Å². The van der Waals surface area contributed by atoms with Gasteiger partial charge in [-0.2, -0.15) is 15.1 Å². The summed E-state index contributed by atoms with van der Waals surface area (Å²) >= 11 is 0. The molecule has 0 amide bonds. The Kier molecular flexibility index (Phi) is 3.86. The van der Waals surface area contributed by atoms with E-state index in [9.17, 15) is 4.39 Å². The molecular weight excluding hydrogens is 327 g/mol. The monoisotopic (exact) mass is 346 g/mol. The molecule has 25 heavy (non-hydrogen) atoms. The molecule has 1 aliphatic rings. The minimum atomic E-state index is -0.847. The Morgan fingerprint density at radius 2 is 2.32 bits per heavy atom. The van der Waals surface area contributed by atoms with Gasteiger partial charge in [-0.25, -0.2) is 14.5 Å². The fourth-order valence-electron chi connectivity index (χ4n) is 2.94. The number of halogens is 1. The minimum Gasteiger partial charge on any atom is -0.480 e. The first-order valence-corrected chi connectivity index (χ1v) is 8.16. The highest BCUT2D eigenvalue weighted by atomic mass is 19.1. The van der Waals surface area contributed by atoms with Gasteiger partial charge in [-0.1, -0.05) is 0 Å². The normalized spacial score (nSPS) is 17.4. The number of hydrogen-bond acceptors (Lipinski definition) is 7. The maximum Gasteiger partial charge on any atom is 0.233 e. The van der Waals surface area contributed by atoms with Crippen LogP contribution < -0.4 is 15.0 Å². The summed E-state index contributed by atoms with van der Waals surface area (Å²) in [6.45, 7) is 3.65. The van der Waals surface area contributed by atoms with E-state index < -0.39 is 6.17 Å². The van der Waals surface area contributed by atoms with Crippen molar-refractivity contribution >= 4 is 28.6 Å². The van der Waals surface area contributed by atoms with Crippen LogP contribution in [0.5, 0.6) is 5.88 Å². The molecule has 9 nitrogen and oxygen atoms in total. The molecule has 132 valence electrons. The maximum atomic E-state index is 13.6. The average Bonchev–Trinajstić information content (AvgIpc) is 3.33. The third-order valence-corrected chi connectivity index (χ3v) is 4.27. The Labute approximate surface area is 143 Å². The van der Waals surface area contributed by atoms with Crippen molar-refractivity contribution in [3.05, 3.63) is 12.5 Å². The van der Waals surface area contributed by atoms with Crippen LogP contribution >= 0.6 is 0 Å². The first-order valence-electron chi connectivity index (χ1n) is 8.16. The predicted octanol–water partition coefficient (Wildman–Crippen LogP) is 1.87. The highest BCUT2D eigenvalue weighted by molar-refractivity contribution is 5.87. The largest absolute Gasteiger partial charge is 0.480 e. The lowest BCUT2D eigenvalue weighted by molar-refractivity contribution is 0.364. The first kappa shape index (κ1) is 15.6. The Morgan fingerprint density at radius 1 is 1.44 bits per heavy atom. The molecule has 4 heterocycles. The number of alkyl halides is 1. The number of hydrogen-bond donors (Lipinski definition) is 2. The molecule has 3 aromatic rings. The number of aromatic amines is 1. The lowest BCUT2D eigenvalue weighted by Crippen LogP contribution is -2.23. The number of nitrogens with one attached hydrogen (secondary N) is 2. The molecule has 4 rings (SSSR count). The zero-order valence-electron chi connectivity index (χ0n) is 14.0. The van der Waals surface area contributed by atoms with Gasteiger partial charge in [-0.05, 0) is 13.3 Å². The van der Waals surface area contributed by atoms with Crippen molar-refractivity contribution in [1.29, 1.82) is 0 Å². The van der Waals surface area contributed by atoms with Crippen LogP contribution in [0, 0.1) is 0 Å². The van der Waals surface area contributed by atoms with E-state index in [4.69, 9.17) is 4.74 Å². The van der Waals surface area contributed by atoms with Crippen molar-refractivity contribution < 1.29 is 9.13 Å². The molecule has 2 N–H and O–H groups in total. The molecule has 1 fully saturated rings. The van der Waals surface area contributed by atoms with Crippen LogP contribution in [-0.2, 0) is 6.54 Å². The number of imidazole rings is 1. The molecule has 0 bridgehead atoms. The Hall–Kier alpha value is -2.91. The summed E-state index contributed by atoms with van der Waals surface area (Å²) in [6, 6.07) is 0. The number of fused-ring (bicyclic) bond motifs is 1. The van der Waals surface area contributed by atoms with Crippen molar-refractivity contribution in [1.82, 2.24) is 29.7 Å². The van der Waals surface area contributed by atoms with Crippen molar-refractivity contribution in [3.63, 3.8) is 0 Å². The first-order chi connectivity index (χ1) is 12.2. The SMILES string of the molecule is CCn1cnc2c(Nc3cn[nH]c3OC)nc(N3CCC(F)C3)nc21. The number of H-pyrrole nitrogens is 1. The maximum absolute atomic E-state index is 13.6. The van der Waals surface area contributed by atoms with Gasteiger partial charge in [0, 0.05) is 13.1 Å². The van der Waals surface area contributed by atoms with E-state index in [2.05, 4.69) is 30.5 Å². The number of ether oxygens (including phenoxy) is 1. The van der Waals surface area contributed by atoms with Gasteiger partial charge >= 0.3 is 0 Å². The van der Waals surface area contributed by atoms with E-state index in [0.29, 0.717) is 54.0 Å². The van der Waals surface area contributed by atoms with Crippen molar-refractivity contribution in [2.75, 3.05) is 30.4 Å². The van der Waals surface area contributed by atoms with E-state index >= 15 is 0 Å². The van der Waals surface area contributed by atoms with Crippen molar-refractivity contribution in [3.8, 4) is 5.88 Å². The number of rotatable bonds is 5. The van der Waals surface area contributed by atoms with Crippen molar-refractivity contribution in [2.24, 2.45) is 0 Å². The molecule has 1 atom stereocenters. The highest BCUT2D eigenvalue weighted by Crippen LogP contribution is 2.30. The summed E-state index contributed by atoms with van der Waals surface area (Å²) in [7, 11) is 1.55. The Morgan fingerprint density at radius 3 is 3.04 bits per heavy atom. The van der Waals surface area contributed by atoms with Gasteiger partial charge in [-0.15, -0.1) is 0 Å². The lowest BCUT2D eigenvalue weighted by atomic mass is 10.3. The Balaban J connectivity index is 1.79. The smallest absolute Gasteiger partial charge is 0.233 e. The highest BCUT2D eigenvalue weighted by Gasteiger charge is 2.26. The van der Waals surface area contributed by atoms with E-state index in [-0.39, 0.29) is 0 Å².